The molecule has 0 aromatic heterocycles. The standard InChI is InChI=1S/C43H31NP2/c1-30-26-41-43-42(27-30)46(36-20-12-5-13-21-36)40-29-34(32-16-8-3-9-17-32)23-25-38(40)44(43)37-24-22-33(31-14-6-2-7-15-31)28-39(37)45(41)35-18-10-4-11-19-35/h2-29H,1H3. The fourth-order valence-corrected chi connectivity index (χ4v) is 12.6. The number of benzene rings is 7. The molecule has 2 unspecified atom stereocenters. The first-order valence-corrected chi connectivity index (χ1v) is 18.5. The first-order valence-electron chi connectivity index (χ1n) is 15.8. The van der Waals surface area contributed by atoms with Crippen LogP contribution in [-0.2, 0) is 0 Å². The Morgan fingerprint density at radius 1 is 0.370 bits per heavy atom. The van der Waals surface area contributed by atoms with Gasteiger partial charge in [-0.05, 0) is 97.6 Å². The second-order valence-electron chi connectivity index (χ2n) is 12.0. The lowest BCUT2D eigenvalue weighted by atomic mass is 10.0. The van der Waals surface area contributed by atoms with Crippen LogP contribution < -0.4 is 36.7 Å². The van der Waals surface area contributed by atoms with Crippen LogP contribution in [-0.4, -0.2) is 0 Å². The summed E-state index contributed by atoms with van der Waals surface area (Å²) in [5, 5.41) is 8.52. The summed E-state index contributed by atoms with van der Waals surface area (Å²) in [5.41, 5.74) is 10.3. The maximum Gasteiger partial charge on any atom is 0.0629 e. The molecule has 2 atom stereocenters. The van der Waals surface area contributed by atoms with Gasteiger partial charge in [0.25, 0.3) is 0 Å². The maximum atomic E-state index is 2.60. The Labute approximate surface area is 273 Å². The zero-order valence-electron chi connectivity index (χ0n) is 25.5. The Morgan fingerprint density at radius 2 is 0.761 bits per heavy atom. The van der Waals surface area contributed by atoms with Crippen LogP contribution in [0.15, 0.2) is 170 Å². The molecule has 218 valence electrons. The van der Waals surface area contributed by atoms with Crippen LogP contribution in [0.25, 0.3) is 22.3 Å². The van der Waals surface area contributed by atoms with E-state index in [1.54, 1.807) is 0 Å². The van der Waals surface area contributed by atoms with Gasteiger partial charge in [-0.25, -0.2) is 0 Å². The predicted octanol–water partition coefficient (Wildman–Crippen LogP) is 8.94. The number of hydrogen-bond acceptors (Lipinski definition) is 1. The van der Waals surface area contributed by atoms with Gasteiger partial charge < -0.3 is 4.90 Å². The SMILES string of the molecule is Cc1cc2c3c(c1)P(c1ccccc1)c1cc(-c4ccccc4)ccc1N3c1ccc(-c3ccccc3)cc1P2c1ccccc1. The summed E-state index contributed by atoms with van der Waals surface area (Å²) in [5.74, 6) is 0. The molecule has 2 aliphatic heterocycles. The molecule has 0 radical (unpaired) electrons. The van der Waals surface area contributed by atoms with Gasteiger partial charge in [-0.15, -0.1) is 0 Å². The Bertz CT molecular complexity index is 2060. The van der Waals surface area contributed by atoms with E-state index in [1.807, 2.05) is 0 Å². The molecule has 0 saturated heterocycles. The monoisotopic (exact) mass is 623 g/mol. The van der Waals surface area contributed by atoms with Crippen LogP contribution >= 0.6 is 15.8 Å². The van der Waals surface area contributed by atoms with E-state index < -0.39 is 15.8 Å². The minimum Gasteiger partial charge on any atom is -0.308 e. The second kappa shape index (κ2) is 11.2. The third-order valence-corrected chi connectivity index (χ3v) is 14.0. The van der Waals surface area contributed by atoms with Gasteiger partial charge in [0.05, 0.1) is 17.1 Å². The summed E-state index contributed by atoms with van der Waals surface area (Å²) in [4.78, 5) is 2.60. The van der Waals surface area contributed by atoms with E-state index in [1.165, 1.54) is 76.7 Å². The average molecular weight is 624 g/mol. The molecule has 0 spiro atoms. The number of fused-ring (bicyclic) bond motifs is 4. The molecule has 1 nitrogen and oxygen atoms in total. The van der Waals surface area contributed by atoms with E-state index >= 15 is 0 Å². The highest BCUT2D eigenvalue weighted by Crippen LogP contribution is 2.55. The number of anilines is 3. The fourth-order valence-electron chi connectivity index (χ4n) is 7.06. The minimum absolute atomic E-state index is 0.787. The number of nitrogens with zero attached hydrogens (tertiary/aromatic N) is 1. The van der Waals surface area contributed by atoms with Crippen LogP contribution in [0.5, 0.6) is 0 Å². The lowest BCUT2D eigenvalue weighted by Gasteiger charge is -2.45. The van der Waals surface area contributed by atoms with Crippen LogP contribution in [0.4, 0.5) is 17.1 Å². The van der Waals surface area contributed by atoms with Crippen molar-refractivity contribution in [2.24, 2.45) is 0 Å². The van der Waals surface area contributed by atoms with Gasteiger partial charge >= 0.3 is 0 Å². The van der Waals surface area contributed by atoms with Crippen molar-refractivity contribution in [2.75, 3.05) is 4.90 Å². The lowest BCUT2D eigenvalue weighted by Crippen LogP contribution is -2.43. The molecular formula is C43H31NP2. The van der Waals surface area contributed by atoms with E-state index in [9.17, 15) is 0 Å². The molecule has 7 aromatic carbocycles. The van der Waals surface area contributed by atoms with Gasteiger partial charge in [0.2, 0.25) is 0 Å². The summed E-state index contributed by atoms with van der Waals surface area (Å²) in [6, 6.07) is 63.3. The topological polar surface area (TPSA) is 3.24 Å². The molecule has 0 aliphatic carbocycles. The number of hydrogen-bond donors (Lipinski definition) is 0. The van der Waals surface area contributed by atoms with E-state index in [-0.39, 0.29) is 0 Å². The van der Waals surface area contributed by atoms with E-state index in [0.29, 0.717) is 0 Å². The van der Waals surface area contributed by atoms with Gasteiger partial charge in [0, 0.05) is 21.2 Å². The fraction of sp³-hybridized carbons (Fsp3) is 0.0233. The molecule has 0 saturated carbocycles. The van der Waals surface area contributed by atoms with Crippen LogP contribution in [0, 0.1) is 6.92 Å². The quantitative estimate of drug-likeness (QED) is 0.177. The number of aryl methyl sites for hydroxylation is 1. The smallest absolute Gasteiger partial charge is 0.0629 e. The van der Waals surface area contributed by atoms with Gasteiger partial charge in [0.1, 0.15) is 0 Å². The largest absolute Gasteiger partial charge is 0.308 e. The van der Waals surface area contributed by atoms with Gasteiger partial charge in [0.15, 0.2) is 0 Å². The summed E-state index contributed by atoms with van der Waals surface area (Å²) < 4.78 is 0. The van der Waals surface area contributed by atoms with E-state index in [4.69, 9.17) is 0 Å². The Kier molecular flexibility index (Phi) is 6.71. The molecule has 3 heteroatoms. The van der Waals surface area contributed by atoms with Crippen molar-refractivity contribution in [3.05, 3.63) is 175 Å². The van der Waals surface area contributed by atoms with Crippen LogP contribution in [0.3, 0.4) is 0 Å². The van der Waals surface area contributed by atoms with E-state index in [0.717, 1.165) is 0 Å². The third kappa shape index (κ3) is 4.46. The van der Waals surface area contributed by atoms with Crippen molar-refractivity contribution in [3.8, 4) is 22.3 Å². The maximum absolute atomic E-state index is 2.60. The van der Waals surface area contributed by atoms with Crippen molar-refractivity contribution < 1.29 is 0 Å². The Balaban J connectivity index is 1.36. The first kappa shape index (κ1) is 27.5. The van der Waals surface area contributed by atoms with Gasteiger partial charge in [-0.3, -0.25) is 0 Å². The second-order valence-corrected chi connectivity index (χ2v) is 16.3. The highest BCUT2D eigenvalue weighted by Gasteiger charge is 2.41. The lowest BCUT2D eigenvalue weighted by molar-refractivity contribution is 1.31. The van der Waals surface area contributed by atoms with Crippen molar-refractivity contribution >= 4 is 64.7 Å². The third-order valence-electron chi connectivity index (χ3n) is 9.08. The van der Waals surface area contributed by atoms with Gasteiger partial charge in [-0.2, -0.15) is 0 Å². The summed E-state index contributed by atoms with van der Waals surface area (Å²) >= 11 is 0. The molecule has 0 bridgehead atoms. The molecular weight excluding hydrogens is 592 g/mol. The van der Waals surface area contributed by atoms with Crippen molar-refractivity contribution in [2.45, 2.75) is 6.92 Å². The summed E-state index contributed by atoms with van der Waals surface area (Å²) in [6.45, 7) is 2.28. The molecule has 0 N–H and O–H groups in total. The van der Waals surface area contributed by atoms with Crippen molar-refractivity contribution in [3.63, 3.8) is 0 Å². The van der Waals surface area contributed by atoms with Crippen molar-refractivity contribution in [1.82, 2.24) is 0 Å². The zero-order valence-corrected chi connectivity index (χ0v) is 27.3. The van der Waals surface area contributed by atoms with E-state index in [2.05, 4.69) is 182 Å². The molecule has 9 rings (SSSR count). The average Bonchev–Trinajstić information content (AvgIpc) is 3.12. The van der Waals surface area contributed by atoms with Crippen molar-refractivity contribution in [1.29, 1.82) is 0 Å². The minimum atomic E-state index is -0.787. The normalized spacial score (nSPS) is 15.9. The molecule has 46 heavy (non-hydrogen) atoms. The molecule has 0 fully saturated rings. The Morgan fingerprint density at radius 3 is 1.17 bits per heavy atom. The Hall–Kier alpha value is -4.80. The summed E-state index contributed by atoms with van der Waals surface area (Å²) in [7, 11) is -1.57. The predicted molar refractivity (Wildman–Crippen MR) is 201 cm³/mol. The van der Waals surface area contributed by atoms with Crippen LogP contribution in [0.1, 0.15) is 5.56 Å². The molecule has 2 aliphatic rings. The zero-order chi connectivity index (χ0) is 30.6. The number of rotatable bonds is 4. The highest BCUT2D eigenvalue weighted by molar-refractivity contribution is 7.82. The van der Waals surface area contributed by atoms with Gasteiger partial charge in [-0.1, -0.05) is 133 Å². The molecule has 2 heterocycles. The summed E-state index contributed by atoms with van der Waals surface area (Å²) in [6.07, 6.45) is 0. The first-order chi connectivity index (χ1) is 22.7. The molecule has 7 aromatic rings. The van der Waals surface area contributed by atoms with Crippen LogP contribution in [0.2, 0.25) is 0 Å². The highest BCUT2D eigenvalue weighted by atomic mass is 31.1. The molecule has 0 amide bonds.